The van der Waals surface area contributed by atoms with Gasteiger partial charge in [0.05, 0.1) is 11.9 Å². The highest BCUT2D eigenvalue weighted by Crippen LogP contribution is 2.25. The van der Waals surface area contributed by atoms with Gasteiger partial charge in [0.15, 0.2) is 0 Å². The zero-order chi connectivity index (χ0) is 19.5. The molecule has 0 radical (unpaired) electrons. The van der Waals surface area contributed by atoms with Crippen LogP contribution < -0.4 is 5.56 Å². The maximum Gasteiger partial charge on any atom is 0.259 e. The molecule has 1 aliphatic rings. The Kier molecular flexibility index (Phi) is 5.71. The second-order valence-electron chi connectivity index (χ2n) is 7.37. The highest BCUT2D eigenvalue weighted by Gasteiger charge is 2.18. The first-order valence-corrected chi connectivity index (χ1v) is 10.6. The Morgan fingerprint density at radius 2 is 1.82 bits per heavy atom. The van der Waals surface area contributed by atoms with Crippen LogP contribution in [0.1, 0.15) is 21.8 Å². The molecule has 3 aromatic rings. The van der Waals surface area contributed by atoms with Crippen molar-refractivity contribution in [3.05, 3.63) is 68.6 Å². The number of rotatable bonds is 5. The van der Waals surface area contributed by atoms with E-state index in [-0.39, 0.29) is 5.56 Å². The molecule has 1 N–H and O–H groups in total. The average Bonchev–Trinajstić information content (AvgIpc) is 2.98. The summed E-state index contributed by atoms with van der Waals surface area (Å²) in [7, 11) is 0. The molecule has 5 nitrogen and oxygen atoms in total. The summed E-state index contributed by atoms with van der Waals surface area (Å²) in [6, 6.07) is 10.4. The van der Waals surface area contributed by atoms with Crippen LogP contribution in [-0.4, -0.2) is 52.5 Å². The molecule has 4 rings (SSSR count). The van der Waals surface area contributed by atoms with Gasteiger partial charge < -0.3 is 4.98 Å². The predicted octanol–water partition coefficient (Wildman–Crippen LogP) is 3.43. The third kappa shape index (κ3) is 4.24. The molecule has 1 fully saturated rings. The summed E-state index contributed by atoms with van der Waals surface area (Å²) >= 11 is 1.61. The van der Waals surface area contributed by atoms with Crippen molar-refractivity contribution < 1.29 is 0 Å². The molecule has 6 heteroatoms. The van der Waals surface area contributed by atoms with Crippen molar-refractivity contribution in [1.82, 2.24) is 19.8 Å². The lowest BCUT2D eigenvalue weighted by Gasteiger charge is -2.33. The van der Waals surface area contributed by atoms with E-state index in [1.54, 1.807) is 11.3 Å². The lowest BCUT2D eigenvalue weighted by molar-refractivity contribution is 0.134. The van der Waals surface area contributed by atoms with Crippen molar-refractivity contribution in [2.75, 3.05) is 32.7 Å². The molecular formula is C22H26N4OS. The van der Waals surface area contributed by atoms with Gasteiger partial charge in [-0.15, -0.1) is 11.3 Å². The fourth-order valence-corrected chi connectivity index (χ4v) is 4.67. The average molecular weight is 395 g/mol. The molecule has 0 saturated carbocycles. The second kappa shape index (κ2) is 8.39. The molecule has 2 aromatic heterocycles. The molecule has 28 heavy (non-hydrogen) atoms. The predicted molar refractivity (Wildman–Crippen MR) is 117 cm³/mol. The van der Waals surface area contributed by atoms with Crippen LogP contribution in [0, 0.1) is 13.8 Å². The van der Waals surface area contributed by atoms with Gasteiger partial charge in [0, 0.05) is 37.6 Å². The number of H-pyrrole nitrogens is 1. The normalized spacial score (nSPS) is 16.4. The van der Waals surface area contributed by atoms with Crippen molar-refractivity contribution >= 4 is 27.6 Å². The number of aryl methyl sites for hydroxylation is 2. The summed E-state index contributed by atoms with van der Waals surface area (Å²) in [6.07, 6.45) is 4.42. The summed E-state index contributed by atoms with van der Waals surface area (Å²) in [5.41, 5.74) is 2.29. The Bertz CT molecular complexity index is 1030. The molecule has 1 aliphatic heterocycles. The van der Waals surface area contributed by atoms with E-state index < -0.39 is 0 Å². The van der Waals surface area contributed by atoms with Gasteiger partial charge >= 0.3 is 0 Å². The SMILES string of the molecule is Cc1sc2nc(CN3CCN(CC=Cc4ccccc4)CC3)[nH]c(=O)c2c1C. The van der Waals surface area contributed by atoms with Crippen molar-refractivity contribution in [3.8, 4) is 0 Å². The lowest BCUT2D eigenvalue weighted by Crippen LogP contribution is -2.46. The molecule has 0 spiro atoms. The number of nitrogens with zero attached hydrogens (tertiary/aromatic N) is 3. The Morgan fingerprint density at radius 3 is 2.57 bits per heavy atom. The molecule has 0 unspecified atom stereocenters. The topological polar surface area (TPSA) is 52.2 Å². The molecule has 0 amide bonds. The van der Waals surface area contributed by atoms with Gasteiger partial charge in [0.2, 0.25) is 0 Å². The van der Waals surface area contributed by atoms with Gasteiger partial charge in [-0.2, -0.15) is 0 Å². The quantitative estimate of drug-likeness (QED) is 0.720. The molecule has 0 bridgehead atoms. The zero-order valence-corrected chi connectivity index (χ0v) is 17.3. The monoisotopic (exact) mass is 394 g/mol. The molecule has 1 aromatic carbocycles. The Morgan fingerprint density at radius 1 is 1.11 bits per heavy atom. The van der Waals surface area contributed by atoms with Crippen LogP contribution in [0.3, 0.4) is 0 Å². The number of aromatic amines is 1. The van der Waals surface area contributed by atoms with Crippen LogP contribution in [0.2, 0.25) is 0 Å². The van der Waals surface area contributed by atoms with Crippen LogP contribution in [0.25, 0.3) is 16.3 Å². The number of nitrogens with one attached hydrogen (secondary N) is 1. The number of aromatic nitrogens is 2. The minimum atomic E-state index is -0.00784. The van der Waals surface area contributed by atoms with E-state index in [0.29, 0.717) is 6.54 Å². The Labute approximate surface area is 169 Å². The zero-order valence-electron chi connectivity index (χ0n) is 16.4. The van der Waals surface area contributed by atoms with Crippen LogP contribution >= 0.6 is 11.3 Å². The number of hydrogen-bond donors (Lipinski definition) is 1. The van der Waals surface area contributed by atoms with Gasteiger partial charge in [-0.05, 0) is 25.0 Å². The van der Waals surface area contributed by atoms with Crippen molar-refractivity contribution in [2.24, 2.45) is 0 Å². The van der Waals surface area contributed by atoms with Gasteiger partial charge in [0.25, 0.3) is 5.56 Å². The van der Waals surface area contributed by atoms with E-state index in [2.05, 4.69) is 51.2 Å². The standard InChI is InChI=1S/C22H26N4OS/c1-16-17(2)28-22-20(16)21(27)23-19(24-22)15-26-13-11-25(12-14-26)10-6-9-18-7-4-3-5-8-18/h3-9H,10-15H2,1-2H3,(H,23,24,27). The van der Waals surface area contributed by atoms with E-state index in [1.807, 2.05) is 19.9 Å². The molecular weight excluding hydrogens is 368 g/mol. The molecule has 1 saturated heterocycles. The van der Waals surface area contributed by atoms with Crippen molar-refractivity contribution in [2.45, 2.75) is 20.4 Å². The highest BCUT2D eigenvalue weighted by molar-refractivity contribution is 7.18. The third-order valence-corrected chi connectivity index (χ3v) is 6.50. The maximum atomic E-state index is 12.4. The van der Waals surface area contributed by atoms with Crippen LogP contribution in [0.5, 0.6) is 0 Å². The first-order chi connectivity index (χ1) is 13.6. The second-order valence-corrected chi connectivity index (χ2v) is 8.57. The van der Waals surface area contributed by atoms with E-state index in [4.69, 9.17) is 4.98 Å². The van der Waals surface area contributed by atoms with Gasteiger partial charge in [0.1, 0.15) is 10.7 Å². The summed E-state index contributed by atoms with van der Waals surface area (Å²) in [5, 5.41) is 0.751. The summed E-state index contributed by atoms with van der Waals surface area (Å²) in [6.45, 7) is 9.76. The number of fused-ring (bicyclic) bond motifs is 1. The summed E-state index contributed by atoms with van der Waals surface area (Å²) in [4.78, 5) is 27.0. The molecule has 0 aliphatic carbocycles. The van der Waals surface area contributed by atoms with E-state index in [1.165, 1.54) is 10.4 Å². The number of benzene rings is 1. The number of thiophene rings is 1. The number of hydrogen-bond acceptors (Lipinski definition) is 5. The van der Waals surface area contributed by atoms with Crippen molar-refractivity contribution in [1.29, 1.82) is 0 Å². The smallest absolute Gasteiger partial charge is 0.259 e. The van der Waals surface area contributed by atoms with Crippen molar-refractivity contribution in [3.63, 3.8) is 0 Å². The van der Waals surface area contributed by atoms with Crippen LogP contribution in [0.4, 0.5) is 0 Å². The molecule has 146 valence electrons. The lowest BCUT2D eigenvalue weighted by atomic mass is 10.2. The number of piperazine rings is 1. The van der Waals surface area contributed by atoms with E-state index >= 15 is 0 Å². The van der Waals surface area contributed by atoms with Gasteiger partial charge in [-0.3, -0.25) is 14.6 Å². The van der Waals surface area contributed by atoms with Crippen LogP contribution in [-0.2, 0) is 6.54 Å². The van der Waals surface area contributed by atoms with Crippen LogP contribution in [0.15, 0.2) is 41.2 Å². The molecule has 3 heterocycles. The fraction of sp³-hybridized carbons (Fsp3) is 0.364. The fourth-order valence-electron chi connectivity index (χ4n) is 3.62. The van der Waals surface area contributed by atoms with E-state index in [9.17, 15) is 4.79 Å². The van der Waals surface area contributed by atoms with Gasteiger partial charge in [-0.1, -0.05) is 42.5 Å². The summed E-state index contributed by atoms with van der Waals surface area (Å²) in [5.74, 6) is 0.774. The summed E-state index contributed by atoms with van der Waals surface area (Å²) < 4.78 is 0. The Hall–Kier alpha value is -2.28. The minimum Gasteiger partial charge on any atom is -0.309 e. The van der Waals surface area contributed by atoms with Gasteiger partial charge in [-0.25, -0.2) is 4.98 Å². The highest BCUT2D eigenvalue weighted by atomic mass is 32.1. The third-order valence-electron chi connectivity index (χ3n) is 5.40. The minimum absolute atomic E-state index is 0.00784. The largest absolute Gasteiger partial charge is 0.309 e. The van der Waals surface area contributed by atoms with E-state index in [0.717, 1.165) is 54.3 Å². The first-order valence-electron chi connectivity index (χ1n) is 9.75. The first kappa shape index (κ1) is 19.1. The maximum absolute atomic E-state index is 12.4. The molecule has 0 atom stereocenters. The Balaban J connectivity index is 1.33.